The fourth-order valence-electron chi connectivity index (χ4n) is 1.77. The number of nitrogens with zero attached hydrogens (tertiary/aromatic N) is 3. The summed E-state index contributed by atoms with van der Waals surface area (Å²) in [5.41, 5.74) is 0. The molecule has 1 atom stereocenters. The summed E-state index contributed by atoms with van der Waals surface area (Å²) in [5, 5.41) is 9.29. The molecule has 15 heavy (non-hydrogen) atoms. The second-order valence-corrected chi connectivity index (χ2v) is 3.83. The van der Waals surface area contributed by atoms with Crippen LogP contribution in [0.25, 0.3) is 0 Å². The van der Waals surface area contributed by atoms with Gasteiger partial charge < -0.3 is 14.6 Å². The van der Waals surface area contributed by atoms with Gasteiger partial charge in [0, 0.05) is 38.4 Å². The number of aromatic nitrogens is 2. The summed E-state index contributed by atoms with van der Waals surface area (Å²) in [6, 6.07) is 0. The first-order valence-corrected chi connectivity index (χ1v) is 5.17. The predicted molar refractivity (Wildman–Crippen MR) is 54.0 cm³/mol. The van der Waals surface area contributed by atoms with E-state index in [0.717, 1.165) is 0 Å². The molecule has 0 bridgehead atoms. The largest absolute Gasteiger partial charge is 0.391 e. The maximum absolute atomic E-state index is 11.7. The van der Waals surface area contributed by atoms with Gasteiger partial charge in [0.15, 0.2) is 0 Å². The van der Waals surface area contributed by atoms with E-state index in [1.165, 1.54) is 0 Å². The SMILES string of the molecule is O=C(CCn1ccnc1)N1CC[C@H](O)C1. The standard InChI is InChI=1S/C10H15N3O2/c14-9-1-5-13(7-9)10(15)2-4-12-6-3-11-8-12/h3,6,8-9,14H,1-2,4-5,7H2/t9-/m0/s1. The van der Waals surface area contributed by atoms with Crippen LogP contribution in [0.4, 0.5) is 0 Å². The molecule has 1 aromatic rings. The first-order valence-electron chi connectivity index (χ1n) is 5.17. The molecule has 1 amide bonds. The predicted octanol–water partition coefficient (Wildman–Crippen LogP) is -0.134. The van der Waals surface area contributed by atoms with E-state index < -0.39 is 0 Å². The lowest BCUT2D eigenvalue weighted by atomic mass is 10.3. The molecule has 82 valence electrons. The highest BCUT2D eigenvalue weighted by Crippen LogP contribution is 2.10. The molecule has 1 fully saturated rings. The number of aliphatic hydroxyl groups is 1. The van der Waals surface area contributed by atoms with Gasteiger partial charge in [-0.3, -0.25) is 4.79 Å². The number of hydrogen-bond donors (Lipinski definition) is 1. The quantitative estimate of drug-likeness (QED) is 0.754. The zero-order chi connectivity index (χ0) is 10.7. The van der Waals surface area contributed by atoms with Gasteiger partial charge in [-0.15, -0.1) is 0 Å². The minimum Gasteiger partial charge on any atom is -0.391 e. The van der Waals surface area contributed by atoms with E-state index in [1.54, 1.807) is 17.4 Å². The van der Waals surface area contributed by atoms with E-state index in [1.807, 2.05) is 10.8 Å². The van der Waals surface area contributed by atoms with Gasteiger partial charge in [-0.2, -0.15) is 0 Å². The van der Waals surface area contributed by atoms with Crippen molar-refractivity contribution in [3.63, 3.8) is 0 Å². The average Bonchev–Trinajstić information content (AvgIpc) is 2.84. The molecule has 5 heteroatoms. The van der Waals surface area contributed by atoms with Crippen LogP contribution in [0.2, 0.25) is 0 Å². The molecule has 1 saturated heterocycles. The van der Waals surface area contributed by atoms with Gasteiger partial charge in [0.1, 0.15) is 0 Å². The van der Waals surface area contributed by atoms with E-state index >= 15 is 0 Å². The Labute approximate surface area is 88.3 Å². The van der Waals surface area contributed by atoms with Crippen LogP contribution in [0.15, 0.2) is 18.7 Å². The number of carbonyl (C=O) groups excluding carboxylic acids is 1. The van der Waals surface area contributed by atoms with Gasteiger partial charge in [-0.05, 0) is 6.42 Å². The van der Waals surface area contributed by atoms with Crippen molar-refractivity contribution in [3.8, 4) is 0 Å². The highest BCUT2D eigenvalue weighted by Gasteiger charge is 2.23. The molecule has 2 rings (SSSR count). The number of carbonyl (C=O) groups is 1. The summed E-state index contributed by atoms with van der Waals surface area (Å²) in [4.78, 5) is 17.3. The zero-order valence-electron chi connectivity index (χ0n) is 8.54. The van der Waals surface area contributed by atoms with Crippen molar-refractivity contribution in [1.82, 2.24) is 14.5 Å². The maximum atomic E-state index is 11.7. The second-order valence-electron chi connectivity index (χ2n) is 3.83. The molecule has 1 aromatic heterocycles. The summed E-state index contributed by atoms with van der Waals surface area (Å²) in [5.74, 6) is 0.111. The number of rotatable bonds is 3. The molecule has 0 aromatic carbocycles. The molecule has 1 aliphatic heterocycles. The fraction of sp³-hybridized carbons (Fsp3) is 0.600. The molecule has 0 aliphatic carbocycles. The summed E-state index contributed by atoms with van der Waals surface area (Å²) < 4.78 is 1.88. The number of imidazole rings is 1. The van der Waals surface area contributed by atoms with Gasteiger partial charge in [0.05, 0.1) is 12.4 Å². The van der Waals surface area contributed by atoms with Crippen LogP contribution in [0.5, 0.6) is 0 Å². The summed E-state index contributed by atoms with van der Waals surface area (Å²) in [7, 11) is 0. The molecule has 0 spiro atoms. The Hall–Kier alpha value is -1.36. The Morgan fingerprint density at radius 2 is 2.47 bits per heavy atom. The third-order valence-electron chi connectivity index (χ3n) is 2.66. The number of aliphatic hydroxyl groups excluding tert-OH is 1. The smallest absolute Gasteiger partial charge is 0.224 e. The lowest BCUT2D eigenvalue weighted by Gasteiger charge is -2.15. The van der Waals surface area contributed by atoms with Gasteiger partial charge >= 0.3 is 0 Å². The fourth-order valence-corrected chi connectivity index (χ4v) is 1.77. The Morgan fingerprint density at radius 1 is 1.60 bits per heavy atom. The topological polar surface area (TPSA) is 58.4 Å². The molecule has 1 N–H and O–H groups in total. The van der Waals surface area contributed by atoms with Crippen LogP contribution in [-0.4, -0.2) is 44.7 Å². The van der Waals surface area contributed by atoms with Crippen molar-refractivity contribution in [2.24, 2.45) is 0 Å². The lowest BCUT2D eigenvalue weighted by molar-refractivity contribution is -0.130. The van der Waals surface area contributed by atoms with E-state index in [9.17, 15) is 9.90 Å². The molecule has 2 heterocycles. The zero-order valence-corrected chi connectivity index (χ0v) is 8.54. The third kappa shape index (κ3) is 2.56. The molecule has 1 aliphatic rings. The van der Waals surface area contributed by atoms with Crippen molar-refractivity contribution in [3.05, 3.63) is 18.7 Å². The Balaban J connectivity index is 1.78. The number of β-amino-alcohol motifs (C(OH)–C–C–N with tert-alkyl or cyclic N) is 1. The summed E-state index contributed by atoms with van der Waals surface area (Å²) >= 11 is 0. The Bertz CT molecular complexity index is 323. The van der Waals surface area contributed by atoms with Crippen LogP contribution in [-0.2, 0) is 11.3 Å². The van der Waals surface area contributed by atoms with E-state index in [0.29, 0.717) is 32.5 Å². The highest BCUT2D eigenvalue weighted by molar-refractivity contribution is 5.76. The Kier molecular flexibility index (Phi) is 3.01. The Morgan fingerprint density at radius 3 is 3.07 bits per heavy atom. The van der Waals surface area contributed by atoms with Gasteiger partial charge in [0.25, 0.3) is 0 Å². The monoisotopic (exact) mass is 209 g/mol. The van der Waals surface area contributed by atoms with Crippen LogP contribution >= 0.6 is 0 Å². The van der Waals surface area contributed by atoms with Gasteiger partial charge in [-0.1, -0.05) is 0 Å². The lowest BCUT2D eigenvalue weighted by Crippen LogP contribution is -2.30. The van der Waals surface area contributed by atoms with Crippen molar-refractivity contribution in [2.75, 3.05) is 13.1 Å². The first kappa shape index (κ1) is 10.2. The van der Waals surface area contributed by atoms with E-state index in [4.69, 9.17) is 0 Å². The maximum Gasteiger partial charge on any atom is 0.224 e. The molecular weight excluding hydrogens is 194 g/mol. The van der Waals surface area contributed by atoms with Crippen LogP contribution in [0, 0.1) is 0 Å². The average molecular weight is 209 g/mol. The molecule has 0 unspecified atom stereocenters. The summed E-state index contributed by atoms with van der Waals surface area (Å²) in [6.07, 6.45) is 6.09. The second kappa shape index (κ2) is 4.44. The highest BCUT2D eigenvalue weighted by atomic mass is 16.3. The molecule has 0 radical (unpaired) electrons. The third-order valence-corrected chi connectivity index (χ3v) is 2.66. The van der Waals surface area contributed by atoms with Crippen LogP contribution < -0.4 is 0 Å². The van der Waals surface area contributed by atoms with Crippen LogP contribution in [0.1, 0.15) is 12.8 Å². The minimum absolute atomic E-state index is 0.111. The molecule has 0 saturated carbocycles. The molecular formula is C10H15N3O2. The van der Waals surface area contributed by atoms with Crippen molar-refractivity contribution in [1.29, 1.82) is 0 Å². The minimum atomic E-state index is -0.331. The summed E-state index contributed by atoms with van der Waals surface area (Å²) in [6.45, 7) is 1.83. The number of amides is 1. The number of hydrogen-bond acceptors (Lipinski definition) is 3. The van der Waals surface area contributed by atoms with Crippen molar-refractivity contribution in [2.45, 2.75) is 25.5 Å². The van der Waals surface area contributed by atoms with Crippen LogP contribution in [0.3, 0.4) is 0 Å². The van der Waals surface area contributed by atoms with Gasteiger partial charge in [-0.25, -0.2) is 4.98 Å². The van der Waals surface area contributed by atoms with Crippen molar-refractivity contribution < 1.29 is 9.90 Å². The van der Waals surface area contributed by atoms with Crippen molar-refractivity contribution >= 4 is 5.91 Å². The van der Waals surface area contributed by atoms with E-state index in [-0.39, 0.29) is 12.0 Å². The first-order chi connectivity index (χ1) is 7.25. The number of likely N-dealkylation sites (tertiary alicyclic amines) is 1. The normalized spacial score (nSPS) is 20.9. The van der Waals surface area contributed by atoms with E-state index in [2.05, 4.69) is 4.98 Å². The van der Waals surface area contributed by atoms with Gasteiger partial charge in [0.2, 0.25) is 5.91 Å². The number of aryl methyl sites for hydroxylation is 1. The molecule has 5 nitrogen and oxygen atoms in total.